The van der Waals surface area contributed by atoms with Crippen LogP contribution in [0.4, 0.5) is 0 Å². The van der Waals surface area contributed by atoms with E-state index in [4.69, 9.17) is 9.16 Å². The molecule has 4 heteroatoms. The number of rotatable bonds is 3. The van der Waals surface area contributed by atoms with E-state index in [2.05, 4.69) is 33.9 Å². The van der Waals surface area contributed by atoms with Crippen molar-refractivity contribution in [1.82, 2.24) is 0 Å². The highest BCUT2D eigenvalue weighted by molar-refractivity contribution is 6.49. The van der Waals surface area contributed by atoms with Crippen LogP contribution in [0.25, 0.3) is 0 Å². The number of esters is 1. The van der Waals surface area contributed by atoms with Crippen LogP contribution in [0.15, 0.2) is 18.2 Å². The van der Waals surface area contributed by atoms with Crippen LogP contribution < -0.4 is 4.43 Å². The van der Waals surface area contributed by atoms with Crippen molar-refractivity contribution in [3.8, 4) is 5.75 Å². The molecule has 0 radical (unpaired) electrons. The van der Waals surface area contributed by atoms with Crippen molar-refractivity contribution < 1.29 is 14.0 Å². The maximum atomic E-state index is 11.9. The third-order valence-electron chi connectivity index (χ3n) is 2.54. The van der Waals surface area contributed by atoms with Gasteiger partial charge in [0.05, 0.1) is 12.7 Å². The Labute approximate surface area is 111 Å². The molecular weight excluding hydrogens is 244 g/mol. The van der Waals surface area contributed by atoms with Crippen LogP contribution in [0.1, 0.15) is 36.7 Å². The van der Waals surface area contributed by atoms with E-state index in [9.17, 15) is 4.79 Å². The van der Waals surface area contributed by atoms with Crippen LogP contribution in [-0.4, -0.2) is 22.1 Å². The van der Waals surface area contributed by atoms with Gasteiger partial charge in [0.2, 0.25) is 9.04 Å². The highest BCUT2D eigenvalue weighted by Crippen LogP contribution is 2.35. The predicted molar refractivity (Wildman–Crippen MR) is 76.0 cm³/mol. The molecule has 3 nitrogen and oxygen atoms in total. The minimum Gasteiger partial charge on any atom is -0.547 e. The highest BCUT2D eigenvalue weighted by Gasteiger charge is 2.26. The number of methoxy groups -OCH3 is 1. The normalized spacial score (nSPS) is 11.5. The van der Waals surface area contributed by atoms with E-state index in [1.54, 1.807) is 6.07 Å². The van der Waals surface area contributed by atoms with Crippen LogP contribution in [0.2, 0.25) is 13.1 Å². The summed E-state index contributed by atoms with van der Waals surface area (Å²) in [5, 5.41) is 0. The molecule has 1 aromatic rings. The lowest BCUT2D eigenvalue weighted by atomic mass is 9.83. The lowest BCUT2D eigenvalue weighted by Crippen LogP contribution is -2.22. The summed E-state index contributed by atoms with van der Waals surface area (Å²) in [4.78, 5) is 11.9. The molecule has 0 N–H and O–H groups in total. The van der Waals surface area contributed by atoms with E-state index < -0.39 is 9.04 Å². The van der Waals surface area contributed by atoms with Gasteiger partial charge in [0.25, 0.3) is 0 Å². The third kappa shape index (κ3) is 3.35. The molecule has 0 fully saturated rings. The van der Waals surface area contributed by atoms with Gasteiger partial charge in [0, 0.05) is 5.56 Å². The Balaban J connectivity index is 3.40. The van der Waals surface area contributed by atoms with Gasteiger partial charge in [0.1, 0.15) is 5.75 Å². The topological polar surface area (TPSA) is 35.5 Å². The number of carbonyl (C=O) groups excluding carboxylic acids is 1. The van der Waals surface area contributed by atoms with Crippen molar-refractivity contribution in [3.05, 3.63) is 29.3 Å². The number of hydrogen-bond acceptors (Lipinski definition) is 3. The zero-order valence-corrected chi connectivity index (χ0v) is 13.2. The zero-order chi connectivity index (χ0) is 13.9. The van der Waals surface area contributed by atoms with Crippen molar-refractivity contribution >= 4 is 15.0 Å². The zero-order valence-electron chi connectivity index (χ0n) is 12.0. The van der Waals surface area contributed by atoms with Crippen LogP contribution in [-0.2, 0) is 10.2 Å². The number of carbonyl (C=O) groups is 1. The van der Waals surface area contributed by atoms with Gasteiger partial charge in [-0.2, -0.15) is 0 Å². The molecule has 0 unspecified atom stereocenters. The molecule has 1 aromatic carbocycles. The second-order valence-corrected chi connectivity index (χ2v) is 7.92. The van der Waals surface area contributed by atoms with Gasteiger partial charge < -0.3 is 9.16 Å². The molecule has 18 heavy (non-hydrogen) atoms. The van der Waals surface area contributed by atoms with Gasteiger partial charge in [-0.3, -0.25) is 0 Å². The lowest BCUT2D eigenvalue weighted by Gasteiger charge is -2.26. The Morgan fingerprint density at radius 2 is 1.83 bits per heavy atom. The predicted octanol–water partition coefficient (Wildman–Crippen LogP) is 3.13. The summed E-state index contributed by atoms with van der Waals surface area (Å²) in [5.41, 5.74) is 1.36. The Hall–Kier alpha value is -1.29. The molecule has 0 atom stereocenters. The van der Waals surface area contributed by atoms with Crippen molar-refractivity contribution in [2.75, 3.05) is 7.11 Å². The van der Waals surface area contributed by atoms with Crippen LogP contribution >= 0.6 is 0 Å². The molecule has 0 bridgehead atoms. The van der Waals surface area contributed by atoms with Gasteiger partial charge in [-0.05, 0) is 30.6 Å². The molecule has 0 spiro atoms. The fourth-order valence-corrected chi connectivity index (χ4v) is 2.64. The molecule has 0 aliphatic carbocycles. The van der Waals surface area contributed by atoms with E-state index >= 15 is 0 Å². The number of hydrogen-bond donors (Lipinski definition) is 0. The molecule has 0 saturated carbocycles. The molecule has 0 aromatic heterocycles. The minimum atomic E-state index is -1.21. The molecule has 0 amide bonds. The average Bonchev–Trinajstić information content (AvgIpc) is 2.25. The molecular formula is C14H22O3Si. The van der Waals surface area contributed by atoms with E-state index in [1.165, 1.54) is 7.11 Å². The molecule has 1 rings (SSSR count). The van der Waals surface area contributed by atoms with Crippen LogP contribution in [0.5, 0.6) is 5.75 Å². The van der Waals surface area contributed by atoms with Gasteiger partial charge in [-0.15, -0.1) is 0 Å². The number of benzene rings is 1. The van der Waals surface area contributed by atoms with Crippen molar-refractivity contribution in [2.45, 2.75) is 39.3 Å². The van der Waals surface area contributed by atoms with E-state index in [0.717, 1.165) is 11.3 Å². The number of ether oxygens (including phenoxy) is 1. The average molecular weight is 266 g/mol. The van der Waals surface area contributed by atoms with E-state index in [-0.39, 0.29) is 11.4 Å². The molecule has 0 saturated heterocycles. The van der Waals surface area contributed by atoms with Gasteiger partial charge in [-0.25, -0.2) is 4.79 Å². The van der Waals surface area contributed by atoms with Gasteiger partial charge in [-0.1, -0.05) is 26.8 Å². The maximum absolute atomic E-state index is 11.9. The summed E-state index contributed by atoms with van der Waals surface area (Å²) < 4.78 is 10.8. The quantitative estimate of drug-likeness (QED) is 0.623. The fraction of sp³-hybridized carbons (Fsp3) is 0.500. The molecule has 100 valence electrons. The Morgan fingerprint density at radius 1 is 1.22 bits per heavy atom. The van der Waals surface area contributed by atoms with E-state index in [0.29, 0.717) is 5.56 Å². The second-order valence-electron chi connectivity index (χ2n) is 5.59. The van der Waals surface area contributed by atoms with Gasteiger partial charge >= 0.3 is 5.97 Å². The first-order valence-electron chi connectivity index (χ1n) is 6.16. The van der Waals surface area contributed by atoms with E-state index in [1.807, 2.05) is 12.1 Å². The Morgan fingerprint density at radius 3 is 2.28 bits per heavy atom. The Kier molecular flexibility index (Phi) is 4.57. The highest BCUT2D eigenvalue weighted by atomic mass is 28.3. The molecule has 0 aliphatic rings. The van der Waals surface area contributed by atoms with Crippen LogP contribution in [0.3, 0.4) is 0 Å². The first-order valence-corrected chi connectivity index (χ1v) is 8.94. The summed E-state index contributed by atoms with van der Waals surface area (Å²) >= 11 is 0. The lowest BCUT2D eigenvalue weighted by molar-refractivity contribution is 0.0597. The smallest absolute Gasteiger partial charge is 0.338 e. The third-order valence-corrected chi connectivity index (χ3v) is 3.27. The minimum absolute atomic E-state index is 0.163. The summed E-state index contributed by atoms with van der Waals surface area (Å²) in [7, 11) is 0.192. The SMILES string of the molecule is COC(=O)c1cccc(O[SiH](C)C)c1C(C)(C)C. The van der Waals surface area contributed by atoms with Crippen molar-refractivity contribution in [1.29, 1.82) is 0 Å². The fourth-order valence-electron chi connectivity index (χ4n) is 1.94. The van der Waals surface area contributed by atoms with Gasteiger partial charge in [0.15, 0.2) is 0 Å². The molecule has 0 aliphatic heterocycles. The summed E-state index contributed by atoms with van der Waals surface area (Å²) in [5.74, 6) is 0.503. The maximum Gasteiger partial charge on any atom is 0.338 e. The first kappa shape index (κ1) is 14.8. The summed E-state index contributed by atoms with van der Waals surface area (Å²) in [6.45, 7) is 10.4. The monoisotopic (exact) mass is 266 g/mol. The first-order chi connectivity index (χ1) is 8.27. The van der Waals surface area contributed by atoms with Crippen LogP contribution in [0, 0.1) is 0 Å². The largest absolute Gasteiger partial charge is 0.547 e. The van der Waals surface area contributed by atoms with Crippen molar-refractivity contribution in [2.24, 2.45) is 0 Å². The Bertz CT molecular complexity index is 433. The molecule has 0 heterocycles. The van der Waals surface area contributed by atoms with Crippen molar-refractivity contribution in [3.63, 3.8) is 0 Å². The summed E-state index contributed by atoms with van der Waals surface area (Å²) in [6.07, 6.45) is 0. The standard InChI is InChI=1S/C14H22O3Si/c1-14(2,3)12-10(13(15)16-4)8-7-9-11(12)17-18(5)6/h7-9,18H,1-6H3. The summed E-state index contributed by atoms with van der Waals surface area (Å²) in [6, 6.07) is 5.56. The second kappa shape index (κ2) is 5.57.